The second kappa shape index (κ2) is 4.70. The van der Waals surface area contributed by atoms with E-state index in [4.69, 9.17) is 23.8 Å². The molecule has 1 N–H and O–H groups in total. The molecule has 0 fully saturated rings. The van der Waals surface area contributed by atoms with Gasteiger partial charge in [0.15, 0.2) is 16.2 Å². The average Bonchev–Trinajstić information content (AvgIpc) is 2.68. The zero-order chi connectivity index (χ0) is 13.6. The number of fused-ring (bicyclic) bond motifs is 1. The summed E-state index contributed by atoms with van der Waals surface area (Å²) < 4.78 is 16.8. The highest BCUT2D eigenvalue weighted by Crippen LogP contribution is 2.25. The Morgan fingerprint density at radius 1 is 1.42 bits per heavy atom. The summed E-state index contributed by atoms with van der Waals surface area (Å²) in [4.78, 5) is 7.25. The zero-order valence-corrected chi connectivity index (χ0v) is 12.5. The number of halogens is 3. The van der Waals surface area contributed by atoms with Gasteiger partial charge in [0.05, 0.1) is 16.2 Å². The third-order valence-corrected chi connectivity index (χ3v) is 3.67. The number of rotatable bonds is 1. The number of H-pyrrole nitrogens is 1. The Morgan fingerprint density at radius 2 is 2.21 bits per heavy atom. The molecule has 0 saturated carbocycles. The fourth-order valence-electron chi connectivity index (χ4n) is 1.86. The number of nitrogens with one attached hydrogen (secondary N) is 1. The summed E-state index contributed by atoms with van der Waals surface area (Å²) in [6.07, 6.45) is 1.63. The molecule has 3 nitrogen and oxygen atoms in total. The molecule has 96 valence electrons. The first-order valence-corrected chi connectivity index (χ1v) is 6.86. The van der Waals surface area contributed by atoms with Gasteiger partial charge >= 0.3 is 0 Å². The van der Waals surface area contributed by atoms with E-state index in [1.165, 1.54) is 10.6 Å². The number of imidazole rings is 1. The van der Waals surface area contributed by atoms with Crippen LogP contribution in [0.25, 0.3) is 16.9 Å². The molecule has 0 aliphatic heterocycles. The van der Waals surface area contributed by atoms with Gasteiger partial charge in [0.2, 0.25) is 0 Å². The maximum atomic E-state index is 14.1. The fourth-order valence-corrected chi connectivity index (χ4v) is 2.65. The standard InChI is InChI=1S/C12H6BrClFN3S/c13-6-4-8-11(16-5-6)18(12(19)17-8)9-3-1-2-7(14)10(9)15/h1-5H,(H,17,19). The maximum Gasteiger partial charge on any atom is 0.184 e. The summed E-state index contributed by atoms with van der Waals surface area (Å²) in [5, 5.41) is 0.0471. The minimum atomic E-state index is -0.522. The SMILES string of the molecule is Fc1c(Cl)cccc1-n1c(=S)[nH]c2cc(Br)cnc21. The van der Waals surface area contributed by atoms with Crippen LogP contribution in [0, 0.1) is 10.6 Å². The molecule has 2 aromatic heterocycles. The van der Waals surface area contributed by atoms with Gasteiger partial charge in [-0.3, -0.25) is 4.57 Å². The second-order valence-corrected chi connectivity index (χ2v) is 5.57. The largest absolute Gasteiger partial charge is 0.329 e. The molecule has 0 unspecified atom stereocenters. The summed E-state index contributed by atoms with van der Waals surface area (Å²) in [6.45, 7) is 0. The summed E-state index contributed by atoms with van der Waals surface area (Å²) >= 11 is 14.4. The Morgan fingerprint density at radius 3 is 3.00 bits per heavy atom. The lowest BCUT2D eigenvalue weighted by molar-refractivity contribution is 0.619. The summed E-state index contributed by atoms with van der Waals surface area (Å²) in [7, 11) is 0. The molecule has 7 heteroatoms. The molecule has 1 aromatic carbocycles. The fraction of sp³-hybridized carbons (Fsp3) is 0. The Hall–Kier alpha value is -1.24. The van der Waals surface area contributed by atoms with Crippen molar-refractivity contribution in [3.8, 4) is 5.69 Å². The number of aromatic nitrogens is 3. The van der Waals surface area contributed by atoms with E-state index >= 15 is 0 Å². The number of benzene rings is 1. The molecule has 0 amide bonds. The number of hydrogen-bond donors (Lipinski definition) is 1. The predicted molar refractivity (Wildman–Crippen MR) is 78.9 cm³/mol. The van der Waals surface area contributed by atoms with Crippen LogP contribution < -0.4 is 0 Å². The van der Waals surface area contributed by atoms with E-state index < -0.39 is 5.82 Å². The Labute approximate surface area is 126 Å². The van der Waals surface area contributed by atoms with Crippen molar-refractivity contribution in [2.75, 3.05) is 0 Å². The maximum absolute atomic E-state index is 14.1. The van der Waals surface area contributed by atoms with Gasteiger partial charge in [0, 0.05) is 10.7 Å². The van der Waals surface area contributed by atoms with Crippen molar-refractivity contribution in [1.82, 2.24) is 14.5 Å². The van der Waals surface area contributed by atoms with Crippen molar-refractivity contribution >= 4 is 50.9 Å². The van der Waals surface area contributed by atoms with E-state index in [9.17, 15) is 4.39 Å². The van der Waals surface area contributed by atoms with Gasteiger partial charge in [-0.05, 0) is 46.3 Å². The Bertz CT molecular complexity index is 843. The lowest BCUT2D eigenvalue weighted by Gasteiger charge is -2.06. The van der Waals surface area contributed by atoms with E-state index in [2.05, 4.69) is 25.9 Å². The highest BCUT2D eigenvalue weighted by Gasteiger charge is 2.13. The highest BCUT2D eigenvalue weighted by atomic mass is 79.9. The third-order valence-electron chi connectivity index (χ3n) is 2.66. The molecule has 3 aromatic rings. The summed E-state index contributed by atoms with van der Waals surface area (Å²) in [5.41, 5.74) is 1.55. The van der Waals surface area contributed by atoms with Gasteiger partial charge in [-0.1, -0.05) is 17.7 Å². The van der Waals surface area contributed by atoms with Crippen molar-refractivity contribution < 1.29 is 4.39 Å². The highest BCUT2D eigenvalue weighted by molar-refractivity contribution is 9.10. The lowest BCUT2D eigenvalue weighted by Crippen LogP contribution is -1.99. The number of nitrogens with zero attached hydrogens (tertiary/aromatic N) is 2. The quantitative estimate of drug-likeness (QED) is 0.643. The van der Waals surface area contributed by atoms with Crippen LogP contribution in [-0.4, -0.2) is 14.5 Å². The zero-order valence-electron chi connectivity index (χ0n) is 9.32. The lowest BCUT2D eigenvalue weighted by atomic mass is 10.3. The van der Waals surface area contributed by atoms with Crippen molar-refractivity contribution in [3.63, 3.8) is 0 Å². The number of aromatic amines is 1. The Balaban J connectivity index is 2.40. The summed E-state index contributed by atoms with van der Waals surface area (Å²) in [5.74, 6) is -0.522. The van der Waals surface area contributed by atoms with Crippen molar-refractivity contribution in [3.05, 3.63) is 50.5 Å². The van der Waals surface area contributed by atoms with Crippen LogP contribution in [0.15, 0.2) is 34.9 Å². The van der Waals surface area contributed by atoms with Crippen LogP contribution in [0.3, 0.4) is 0 Å². The third kappa shape index (κ3) is 2.09. The molecule has 3 rings (SSSR count). The minimum absolute atomic E-state index is 0.0471. The molecule has 0 spiro atoms. The average molecular weight is 359 g/mol. The van der Waals surface area contributed by atoms with E-state index in [1.807, 2.05) is 6.07 Å². The van der Waals surface area contributed by atoms with Crippen molar-refractivity contribution in [2.24, 2.45) is 0 Å². The first kappa shape index (κ1) is 12.8. The molecule has 19 heavy (non-hydrogen) atoms. The van der Waals surface area contributed by atoms with E-state index in [1.54, 1.807) is 18.3 Å². The van der Waals surface area contributed by atoms with Gasteiger partial charge in [0.25, 0.3) is 0 Å². The number of hydrogen-bond acceptors (Lipinski definition) is 2. The molecule has 0 bridgehead atoms. The van der Waals surface area contributed by atoms with Gasteiger partial charge in [-0.2, -0.15) is 0 Å². The van der Waals surface area contributed by atoms with E-state index in [0.717, 1.165) is 9.99 Å². The minimum Gasteiger partial charge on any atom is -0.329 e. The van der Waals surface area contributed by atoms with Gasteiger partial charge < -0.3 is 4.98 Å². The predicted octanol–water partition coefficient (Wildman–Crippen LogP) is 4.64. The molecular weight excluding hydrogens is 353 g/mol. The first-order chi connectivity index (χ1) is 9.08. The normalized spacial score (nSPS) is 11.1. The topological polar surface area (TPSA) is 33.6 Å². The van der Waals surface area contributed by atoms with Crippen LogP contribution in [-0.2, 0) is 0 Å². The first-order valence-electron chi connectivity index (χ1n) is 5.28. The summed E-state index contributed by atoms with van der Waals surface area (Å²) in [6, 6.07) is 6.59. The van der Waals surface area contributed by atoms with Gasteiger partial charge in [-0.25, -0.2) is 9.37 Å². The van der Waals surface area contributed by atoms with E-state index in [-0.39, 0.29) is 10.7 Å². The van der Waals surface area contributed by atoms with Crippen LogP contribution >= 0.6 is 39.7 Å². The second-order valence-electron chi connectivity index (χ2n) is 3.86. The smallest absolute Gasteiger partial charge is 0.184 e. The van der Waals surface area contributed by atoms with Crippen molar-refractivity contribution in [1.29, 1.82) is 0 Å². The number of pyridine rings is 1. The molecular formula is C12H6BrClFN3S. The van der Waals surface area contributed by atoms with Crippen LogP contribution in [0.2, 0.25) is 5.02 Å². The monoisotopic (exact) mass is 357 g/mol. The van der Waals surface area contributed by atoms with E-state index in [0.29, 0.717) is 10.4 Å². The van der Waals surface area contributed by atoms with Crippen LogP contribution in [0.1, 0.15) is 0 Å². The molecule has 0 radical (unpaired) electrons. The Kier molecular flexibility index (Phi) is 3.16. The van der Waals surface area contributed by atoms with Crippen molar-refractivity contribution in [2.45, 2.75) is 0 Å². The molecule has 0 aliphatic carbocycles. The van der Waals surface area contributed by atoms with Crippen LogP contribution in [0.5, 0.6) is 0 Å². The van der Waals surface area contributed by atoms with Gasteiger partial charge in [0.1, 0.15) is 0 Å². The van der Waals surface area contributed by atoms with Crippen LogP contribution in [0.4, 0.5) is 4.39 Å². The molecule has 0 aliphatic rings. The van der Waals surface area contributed by atoms with Gasteiger partial charge in [-0.15, -0.1) is 0 Å². The molecule has 0 atom stereocenters. The molecule has 0 saturated heterocycles. The molecule has 2 heterocycles.